The first kappa shape index (κ1) is 19.0. The first-order valence-electron chi connectivity index (χ1n) is 8.31. The topological polar surface area (TPSA) is 60.9 Å². The van der Waals surface area contributed by atoms with E-state index in [0.29, 0.717) is 32.5 Å². The van der Waals surface area contributed by atoms with E-state index in [9.17, 15) is 22.8 Å². The molecule has 3 rings (SSSR count). The van der Waals surface area contributed by atoms with Crippen LogP contribution in [0.4, 0.5) is 18.0 Å². The number of rotatable bonds is 1. The molecule has 0 aliphatic carbocycles. The summed E-state index contributed by atoms with van der Waals surface area (Å²) in [5.74, 6) is -0.313. The van der Waals surface area contributed by atoms with Gasteiger partial charge in [-0.3, -0.25) is 4.79 Å². The van der Waals surface area contributed by atoms with Gasteiger partial charge < -0.3 is 14.9 Å². The molecule has 2 heterocycles. The van der Waals surface area contributed by atoms with E-state index in [0.717, 1.165) is 25.0 Å². The second kappa shape index (κ2) is 6.75. The van der Waals surface area contributed by atoms with Gasteiger partial charge in [-0.1, -0.05) is 0 Å². The predicted octanol–water partition coefficient (Wildman–Crippen LogP) is 4.22. The number of hydrogen-bond donors (Lipinski definition) is 1. The number of piperidine rings is 1. The van der Waals surface area contributed by atoms with Crippen molar-refractivity contribution in [2.75, 3.05) is 19.6 Å². The Morgan fingerprint density at radius 1 is 1.12 bits per heavy atom. The van der Waals surface area contributed by atoms with Gasteiger partial charge in [-0.15, -0.1) is 0 Å². The molecule has 0 saturated carbocycles. The minimum Gasteiger partial charge on any atom is -0.465 e. The number of halogens is 4. The van der Waals surface area contributed by atoms with E-state index in [-0.39, 0.29) is 15.9 Å². The van der Waals surface area contributed by atoms with Crippen LogP contribution in [0.1, 0.15) is 41.6 Å². The van der Waals surface area contributed by atoms with Crippen LogP contribution in [0.15, 0.2) is 22.7 Å². The first-order valence-corrected chi connectivity index (χ1v) is 9.10. The van der Waals surface area contributed by atoms with Crippen LogP contribution in [0, 0.1) is 0 Å². The quantitative estimate of drug-likeness (QED) is 0.719. The molecule has 5 nitrogen and oxygen atoms in total. The highest BCUT2D eigenvalue weighted by Crippen LogP contribution is 2.40. The maximum Gasteiger partial charge on any atom is 0.416 e. The lowest BCUT2D eigenvalue weighted by atomic mass is 9.84. The Bertz CT molecular complexity index is 730. The SMILES string of the molecule is O=C(O)N1CCC2(CCCN2C(=O)c2ccc(C(F)(F)F)cc2Br)CC1. The molecule has 0 aromatic heterocycles. The van der Waals surface area contributed by atoms with Gasteiger partial charge in [-0.2, -0.15) is 13.2 Å². The van der Waals surface area contributed by atoms with Crippen LogP contribution < -0.4 is 0 Å². The highest BCUT2D eigenvalue weighted by atomic mass is 79.9. The molecule has 1 spiro atoms. The summed E-state index contributed by atoms with van der Waals surface area (Å²) in [7, 11) is 0. The van der Waals surface area contributed by atoms with E-state index < -0.39 is 23.4 Å². The van der Waals surface area contributed by atoms with Crippen molar-refractivity contribution in [1.82, 2.24) is 9.80 Å². The lowest BCUT2D eigenvalue weighted by molar-refractivity contribution is -0.137. The minimum atomic E-state index is -4.47. The van der Waals surface area contributed by atoms with E-state index >= 15 is 0 Å². The smallest absolute Gasteiger partial charge is 0.416 e. The molecular formula is C17H18BrF3N2O3. The van der Waals surface area contributed by atoms with Crippen molar-refractivity contribution >= 4 is 27.9 Å². The summed E-state index contributed by atoms with van der Waals surface area (Å²) in [6, 6.07) is 3.03. The van der Waals surface area contributed by atoms with Crippen LogP contribution >= 0.6 is 15.9 Å². The molecule has 2 aliphatic heterocycles. The number of hydrogen-bond acceptors (Lipinski definition) is 2. The summed E-state index contributed by atoms with van der Waals surface area (Å²) < 4.78 is 38.6. The monoisotopic (exact) mass is 434 g/mol. The molecule has 2 saturated heterocycles. The predicted molar refractivity (Wildman–Crippen MR) is 91.0 cm³/mol. The number of benzene rings is 1. The largest absolute Gasteiger partial charge is 0.465 e. The Balaban J connectivity index is 1.82. The third-order valence-corrected chi connectivity index (χ3v) is 5.99. The van der Waals surface area contributed by atoms with Gasteiger partial charge in [-0.25, -0.2) is 4.79 Å². The summed E-state index contributed by atoms with van der Waals surface area (Å²) >= 11 is 3.09. The highest BCUT2D eigenvalue weighted by Gasteiger charge is 2.46. The van der Waals surface area contributed by atoms with Crippen molar-refractivity contribution in [3.8, 4) is 0 Å². The van der Waals surface area contributed by atoms with Crippen molar-refractivity contribution in [3.05, 3.63) is 33.8 Å². The van der Waals surface area contributed by atoms with E-state index in [1.807, 2.05) is 0 Å². The fourth-order valence-electron chi connectivity index (χ4n) is 3.90. The molecule has 0 radical (unpaired) electrons. The van der Waals surface area contributed by atoms with Gasteiger partial charge in [0.1, 0.15) is 0 Å². The van der Waals surface area contributed by atoms with Crippen LogP contribution in [0.2, 0.25) is 0 Å². The van der Waals surface area contributed by atoms with Crippen LogP contribution in [-0.4, -0.2) is 52.1 Å². The minimum absolute atomic E-state index is 0.113. The lowest BCUT2D eigenvalue weighted by Gasteiger charge is -2.44. The first-order chi connectivity index (χ1) is 12.1. The molecule has 2 fully saturated rings. The van der Waals surface area contributed by atoms with E-state index in [1.165, 1.54) is 11.0 Å². The molecule has 2 aliphatic rings. The fraction of sp³-hybridized carbons (Fsp3) is 0.529. The summed E-state index contributed by atoms with van der Waals surface area (Å²) in [4.78, 5) is 27.2. The zero-order valence-corrected chi connectivity index (χ0v) is 15.4. The Labute approximate surface area is 156 Å². The number of amides is 2. The lowest BCUT2D eigenvalue weighted by Crippen LogP contribution is -2.54. The van der Waals surface area contributed by atoms with Gasteiger partial charge in [0.25, 0.3) is 5.91 Å². The standard InChI is InChI=1S/C17H18BrF3N2O3/c18-13-10-11(17(19,20)21)2-3-12(13)14(24)23-7-1-4-16(23)5-8-22(9-6-16)15(25)26/h2-3,10H,1,4-9H2,(H,25,26). The molecule has 2 amide bonds. The van der Waals surface area contributed by atoms with Crippen molar-refractivity contribution in [3.63, 3.8) is 0 Å². The van der Waals surface area contributed by atoms with E-state index in [2.05, 4.69) is 15.9 Å². The molecule has 26 heavy (non-hydrogen) atoms. The zero-order valence-electron chi connectivity index (χ0n) is 13.9. The number of nitrogens with zero attached hydrogens (tertiary/aromatic N) is 2. The Kier molecular flexibility index (Phi) is 4.94. The average molecular weight is 435 g/mol. The number of carbonyl (C=O) groups excluding carboxylic acids is 1. The normalized spacial score (nSPS) is 19.8. The van der Waals surface area contributed by atoms with Crippen LogP contribution in [0.25, 0.3) is 0 Å². The van der Waals surface area contributed by atoms with Crippen LogP contribution in [0.3, 0.4) is 0 Å². The van der Waals surface area contributed by atoms with Crippen molar-refractivity contribution in [2.24, 2.45) is 0 Å². The fourth-order valence-corrected chi connectivity index (χ4v) is 4.45. The number of carboxylic acid groups (broad SMARTS) is 1. The summed E-state index contributed by atoms with van der Waals surface area (Å²) in [6.45, 7) is 1.24. The van der Waals surface area contributed by atoms with Gasteiger partial charge in [0.05, 0.1) is 11.1 Å². The Morgan fingerprint density at radius 2 is 1.77 bits per heavy atom. The maximum atomic E-state index is 13.0. The third-order valence-electron chi connectivity index (χ3n) is 5.33. The average Bonchev–Trinajstić information content (AvgIpc) is 2.97. The van der Waals surface area contributed by atoms with Crippen LogP contribution in [0.5, 0.6) is 0 Å². The Hall–Kier alpha value is -1.77. The van der Waals surface area contributed by atoms with Crippen molar-refractivity contribution in [1.29, 1.82) is 0 Å². The molecule has 1 aromatic rings. The van der Waals surface area contributed by atoms with Crippen molar-refractivity contribution in [2.45, 2.75) is 37.4 Å². The number of alkyl halides is 3. The van der Waals surface area contributed by atoms with Crippen molar-refractivity contribution < 1.29 is 27.9 Å². The third kappa shape index (κ3) is 3.41. The molecule has 1 aromatic carbocycles. The second-order valence-corrected chi connectivity index (χ2v) is 7.60. The molecule has 1 N–H and O–H groups in total. The summed E-state index contributed by atoms with van der Waals surface area (Å²) in [5, 5.41) is 9.10. The highest BCUT2D eigenvalue weighted by molar-refractivity contribution is 9.10. The number of likely N-dealkylation sites (tertiary alicyclic amines) is 2. The van der Waals surface area contributed by atoms with E-state index in [1.54, 1.807) is 4.90 Å². The van der Waals surface area contributed by atoms with Gasteiger partial charge in [0, 0.05) is 29.6 Å². The van der Waals surface area contributed by atoms with Gasteiger partial charge in [-0.05, 0) is 59.8 Å². The summed E-state index contributed by atoms with van der Waals surface area (Å²) in [5.41, 5.74) is -1.03. The number of carbonyl (C=O) groups is 2. The van der Waals surface area contributed by atoms with Crippen LogP contribution in [-0.2, 0) is 6.18 Å². The van der Waals surface area contributed by atoms with Gasteiger partial charge >= 0.3 is 12.3 Å². The second-order valence-electron chi connectivity index (χ2n) is 6.75. The molecule has 0 unspecified atom stereocenters. The van der Waals surface area contributed by atoms with Gasteiger partial charge in [0.2, 0.25) is 0 Å². The zero-order chi connectivity index (χ0) is 19.1. The summed E-state index contributed by atoms with van der Waals surface area (Å²) in [6.07, 6.45) is -2.77. The molecule has 0 bridgehead atoms. The molecule has 9 heteroatoms. The maximum absolute atomic E-state index is 13.0. The Morgan fingerprint density at radius 3 is 2.31 bits per heavy atom. The molecule has 142 valence electrons. The molecule has 0 atom stereocenters. The van der Waals surface area contributed by atoms with Gasteiger partial charge in [0.15, 0.2) is 0 Å². The van der Waals surface area contributed by atoms with E-state index in [4.69, 9.17) is 5.11 Å². The molecular weight excluding hydrogens is 417 g/mol.